The van der Waals surface area contributed by atoms with E-state index in [4.69, 9.17) is 14.7 Å². The van der Waals surface area contributed by atoms with Crippen LogP contribution in [0.25, 0.3) is 50.2 Å². The van der Waals surface area contributed by atoms with E-state index in [2.05, 4.69) is 169 Å². The largest absolute Gasteiger partial charge is 0.458 e. The lowest BCUT2D eigenvalue weighted by Gasteiger charge is -2.21. The molecule has 0 fully saturated rings. The first kappa shape index (κ1) is 34.3. The van der Waals surface area contributed by atoms with Crippen LogP contribution in [0.15, 0.2) is 122 Å². The predicted octanol–water partition coefficient (Wildman–Crippen LogP) is 11.3. The van der Waals surface area contributed by atoms with Gasteiger partial charge in [-0.2, -0.15) is 0 Å². The van der Waals surface area contributed by atoms with E-state index in [1.165, 1.54) is 22.1 Å². The van der Waals surface area contributed by atoms with Gasteiger partial charge in [-0.25, -0.2) is 4.98 Å². The lowest BCUT2D eigenvalue weighted by atomic mass is 9.86. The molecule has 4 heterocycles. The van der Waals surface area contributed by atoms with Crippen LogP contribution in [0.4, 0.5) is 0 Å². The van der Waals surface area contributed by atoms with Crippen molar-refractivity contribution in [3.8, 4) is 28.8 Å². The Morgan fingerprint density at radius 3 is 1.96 bits per heavy atom. The summed E-state index contributed by atoms with van der Waals surface area (Å²) < 4.78 is 13.1. The van der Waals surface area contributed by atoms with E-state index in [9.17, 15) is 0 Å². The van der Waals surface area contributed by atoms with E-state index in [-0.39, 0.29) is 16.2 Å². The number of hydrogen-bond acceptors (Lipinski definition) is 3. The lowest BCUT2D eigenvalue weighted by molar-refractivity contribution is -0.572. The molecule has 4 aromatic carbocycles. The molecule has 0 unspecified atom stereocenters. The first-order chi connectivity index (χ1) is 25.1. The number of ether oxygens (including phenoxy) is 1. The average molecular weight is 698 g/mol. The van der Waals surface area contributed by atoms with Crippen LogP contribution in [-0.4, -0.2) is 19.1 Å². The van der Waals surface area contributed by atoms with Gasteiger partial charge >= 0.3 is 0 Å². The van der Waals surface area contributed by atoms with Crippen LogP contribution in [0.2, 0.25) is 0 Å². The van der Waals surface area contributed by atoms with E-state index in [0.717, 1.165) is 50.5 Å². The Bertz CT molecular complexity index is 2660. The fraction of sp³-hybridized carbons (Fsp3) is 0.255. The maximum absolute atomic E-state index is 6.63. The summed E-state index contributed by atoms with van der Waals surface area (Å²) in [4.78, 5) is 9.67. The van der Waals surface area contributed by atoms with Crippen LogP contribution in [0.1, 0.15) is 79.0 Å². The van der Waals surface area contributed by atoms with Gasteiger partial charge in [0.1, 0.15) is 17.3 Å². The first-order valence-corrected chi connectivity index (χ1v) is 18.4. The Hall–Kier alpha value is -5.75. The Morgan fingerprint density at radius 1 is 0.528 bits per heavy atom. The van der Waals surface area contributed by atoms with Gasteiger partial charge in [0, 0.05) is 35.3 Å². The summed E-state index contributed by atoms with van der Waals surface area (Å²) in [5.74, 6) is 3.03. The van der Waals surface area contributed by atoms with E-state index >= 15 is 0 Å². The molecule has 0 bridgehead atoms. The highest BCUT2D eigenvalue weighted by Gasteiger charge is 2.22. The summed E-state index contributed by atoms with van der Waals surface area (Å²) >= 11 is 0. The fourth-order valence-corrected chi connectivity index (χ4v) is 7.04. The van der Waals surface area contributed by atoms with Gasteiger partial charge in [0.25, 0.3) is 6.33 Å². The second kappa shape index (κ2) is 12.4. The molecule has 0 N–H and O–H groups in total. The van der Waals surface area contributed by atoms with Crippen molar-refractivity contribution in [2.24, 2.45) is 0 Å². The smallest absolute Gasteiger partial charge is 0.271 e. The molecule has 0 atom stereocenters. The summed E-state index contributed by atoms with van der Waals surface area (Å²) in [5.41, 5.74) is 9.05. The molecule has 6 nitrogen and oxygen atoms in total. The molecule has 0 saturated carbocycles. The molecule has 8 aromatic rings. The average Bonchev–Trinajstić information content (AvgIpc) is 3.66. The Kier molecular flexibility index (Phi) is 8.06. The van der Waals surface area contributed by atoms with E-state index in [1.807, 2.05) is 29.0 Å². The molecule has 8 rings (SSSR count). The molecule has 0 aliphatic rings. The maximum Gasteiger partial charge on any atom is 0.271 e. The van der Waals surface area contributed by atoms with E-state index < -0.39 is 0 Å². The van der Waals surface area contributed by atoms with Gasteiger partial charge in [0.05, 0.1) is 27.8 Å². The van der Waals surface area contributed by atoms with E-state index in [1.54, 1.807) is 6.20 Å². The molecule has 0 saturated heterocycles. The van der Waals surface area contributed by atoms with Gasteiger partial charge in [-0.3, -0.25) is 18.7 Å². The summed E-state index contributed by atoms with van der Waals surface area (Å²) in [5, 5.41) is 2.32. The fourth-order valence-electron chi connectivity index (χ4n) is 7.04. The molecular formula is C47H47N5O. The molecule has 266 valence electrons. The van der Waals surface area contributed by atoms with Crippen molar-refractivity contribution < 1.29 is 9.30 Å². The molecule has 53 heavy (non-hydrogen) atoms. The Labute approximate surface area is 312 Å². The molecule has 6 heteroatoms. The third-order valence-electron chi connectivity index (χ3n) is 10.2. The zero-order valence-electron chi connectivity index (χ0n) is 32.2. The number of para-hydroxylation sites is 1. The summed E-state index contributed by atoms with van der Waals surface area (Å²) in [6.45, 7) is 20.2. The van der Waals surface area contributed by atoms with Crippen molar-refractivity contribution in [2.45, 2.75) is 78.6 Å². The normalized spacial score (nSPS) is 12.6. The van der Waals surface area contributed by atoms with Crippen molar-refractivity contribution in [3.05, 3.63) is 145 Å². The first-order valence-electron chi connectivity index (χ1n) is 18.4. The van der Waals surface area contributed by atoms with Crippen molar-refractivity contribution in [3.63, 3.8) is 0 Å². The van der Waals surface area contributed by atoms with Crippen LogP contribution in [-0.2, 0) is 16.2 Å². The highest BCUT2D eigenvalue weighted by atomic mass is 16.5. The highest BCUT2D eigenvalue weighted by Crippen LogP contribution is 2.36. The number of imidazole rings is 1. The van der Waals surface area contributed by atoms with Crippen LogP contribution in [0.3, 0.4) is 0 Å². The quantitative estimate of drug-likeness (QED) is 0.133. The number of rotatable bonds is 5. The standard InChI is InChI=1S/C47H47N5O/c1-45(2,3)31-13-12-14-34(25-31)50-30-51(40-20-17-32(26-42(40)50)46(4,5)6)43-29-36(22-24-48-43)53-35-18-19-38-37-15-10-11-16-39(37)52(41(38)28-35)44-27-33(21-23-49-44)47(7,8)9/h10-29H,1-9H3. The number of hydrogen-bond donors (Lipinski definition) is 0. The van der Waals surface area contributed by atoms with Gasteiger partial charge in [0.15, 0.2) is 5.82 Å². The van der Waals surface area contributed by atoms with Crippen molar-refractivity contribution in [1.82, 2.24) is 19.1 Å². The molecule has 0 amide bonds. The third kappa shape index (κ3) is 6.37. The predicted molar refractivity (Wildman–Crippen MR) is 216 cm³/mol. The minimum absolute atomic E-state index is 0.00312. The van der Waals surface area contributed by atoms with Gasteiger partial charge in [-0.05, 0) is 87.5 Å². The van der Waals surface area contributed by atoms with Gasteiger partial charge in [-0.15, -0.1) is 0 Å². The van der Waals surface area contributed by atoms with Crippen LogP contribution >= 0.6 is 0 Å². The second-order valence-electron chi connectivity index (χ2n) is 17.2. The van der Waals surface area contributed by atoms with E-state index in [0.29, 0.717) is 5.75 Å². The summed E-state index contributed by atoms with van der Waals surface area (Å²) in [6.07, 6.45) is 7.37. The Morgan fingerprint density at radius 2 is 1.19 bits per heavy atom. The summed E-state index contributed by atoms with van der Waals surface area (Å²) in [7, 11) is 0. The van der Waals surface area contributed by atoms with Gasteiger partial charge in [-0.1, -0.05) is 105 Å². The monoisotopic (exact) mass is 697 g/mol. The highest BCUT2D eigenvalue weighted by molar-refractivity contribution is 6.09. The molecule has 0 spiro atoms. The summed E-state index contributed by atoms with van der Waals surface area (Å²) in [6, 6.07) is 38.4. The van der Waals surface area contributed by atoms with Gasteiger partial charge < -0.3 is 4.74 Å². The van der Waals surface area contributed by atoms with Crippen molar-refractivity contribution >= 4 is 32.8 Å². The van der Waals surface area contributed by atoms with Crippen LogP contribution in [0, 0.1) is 6.33 Å². The number of benzene rings is 4. The Balaban J connectivity index is 1.22. The van der Waals surface area contributed by atoms with Gasteiger partial charge in [0.2, 0.25) is 0 Å². The minimum Gasteiger partial charge on any atom is -0.458 e. The van der Waals surface area contributed by atoms with Crippen molar-refractivity contribution in [2.75, 3.05) is 0 Å². The zero-order chi connectivity index (χ0) is 37.3. The SMILES string of the molecule is CC(C)(C)c1cccc(-[n+]2[c-]n(-c3cc(Oc4ccc5c6ccccc6n(-c6cc(C(C)(C)C)ccn6)c5c4)ccn3)c3ccc(C(C)(C)C)cc32)c1. The molecule has 0 aliphatic carbocycles. The third-order valence-corrected chi connectivity index (χ3v) is 10.2. The lowest BCUT2D eigenvalue weighted by Crippen LogP contribution is -2.30. The minimum atomic E-state index is -0.00829. The zero-order valence-corrected chi connectivity index (χ0v) is 32.2. The number of fused-ring (bicyclic) bond motifs is 4. The van der Waals surface area contributed by atoms with Crippen LogP contribution < -0.4 is 9.30 Å². The van der Waals surface area contributed by atoms with Crippen molar-refractivity contribution in [1.29, 1.82) is 0 Å². The second-order valence-corrected chi connectivity index (χ2v) is 17.2. The molecule has 0 aliphatic heterocycles. The number of aromatic nitrogens is 5. The topological polar surface area (TPSA) is 48.8 Å². The molecular weight excluding hydrogens is 651 g/mol. The number of pyridine rings is 2. The molecule has 0 radical (unpaired) electrons. The maximum atomic E-state index is 6.63. The molecule has 4 aromatic heterocycles. The number of nitrogens with zero attached hydrogens (tertiary/aromatic N) is 5. The van der Waals surface area contributed by atoms with Crippen LogP contribution in [0.5, 0.6) is 11.5 Å².